The molecule has 1 fully saturated rings. The molecule has 1 saturated heterocycles. The third-order valence-electron chi connectivity index (χ3n) is 6.25. The van der Waals surface area contributed by atoms with Crippen molar-refractivity contribution < 1.29 is 9.53 Å². The van der Waals surface area contributed by atoms with Gasteiger partial charge in [0.2, 0.25) is 5.91 Å². The van der Waals surface area contributed by atoms with Crippen molar-refractivity contribution in [3.05, 3.63) is 71.8 Å². The normalized spacial score (nSPS) is 14.3. The minimum absolute atomic E-state index is 0. The van der Waals surface area contributed by atoms with E-state index in [2.05, 4.69) is 48.2 Å². The maximum absolute atomic E-state index is 13.6. The van der Waals surface area contributed by atoms with Crippen LogP contribution >= 0.6 is 23.7 Å². The zero-order chi connectivity index (χ0) is 22.6. The summed E-state index contributed by atoms with van der Waals surface area (Å²) in [6.07, 6.45) is 1.28. The highest BCUT2D eigenvalue weighted by Crippen LogP contribution is 2.30. The maximum atomic E-state index is 13.6. The van der Waals surface area contributed by atoms with Gasteiger partial charge in [0.05, 0.1) is 29.9 Å². The van der Waals surface area contributed by atoms with Crippen LogP contribution in [0.3, 0.4) is 0 Å². The number of halogens is 1. The van der Waals surface area contributed by atoms with Crippen molar-refractivity contribution in [3.8, 4) is 0 Å². The van der Waals surface area contributed by atoms with Gasteiger partial charge in [-0.1, -0.05) is 59.9 Å². The van der Waals surface area contributed by atoms with Gasteiger partial charge in [0.15, 0.2) is 5.13 Å². The Balaban J connectivity index is 0.00000274. The van der Waals surface area contributed by atoms with Crippen molar-refractivity contribution in [1.29, 1.82) is 0 Å². The van der Waals surface area contributed by atoms with Gasteiger partial charge in [0, 0.05) is 26.2 Å². The van der Waals surface area contributed by atoms with Crippen LogP contribution in [0.2, 0.25) is 0 Å². The van der Waals surface area contributed by atoms with E-state index in [1.54, 1.807) is 11.3 Å². The predicted octanol–water partition coefficient (Wildman–Crippen LogP) is 5.48. The second kappa shape index (κ2) is 11.3. The van der Waals surface area contributed by atoms with E-state index in [0.717, 1.165) is 71.0 Å². The van der Waals surface area contributed by atoms with Gasteiger partial charge in [0.1, 0.15) is 0 Å². The Morgan fingerprint density at radius 1 is 1.09 bits per heavy atom. The van der Waals surface area contributed by atoms with Crippen LogP contribution in [0.5, 0.6) is 0 Å². The highest BCUT2D eigenvalue weighted by molar-refractivity contribution is 7.22. The Bertz CT molecular complexity index is 1260. The molecular weight excluding hydrogens is 466 g/mol. The molecule has 0 aliphatic carbocycles. The van der Waals surface area contributed by atoms with Crippen LogP contribution in [0.15, 0.2) is 60.7 Å². The van der Waals surface area contributed by atoms with Crippen LogP contribution < -0.4 is 4.90 Å². The number of aryl methyl sites for hydroxylation is 1. The van der Waals surface area contributed by atoms with E-state index in [1.807, 2.05) is 29.2 Å². The van der Waals surface area contributed by atoms with Gasteiger partial charge in [-0.3, -0.25) is 14.6 Å². The number of thiazole rings is 1. The number of ether oxygens (including phenoxy) is 1. The quantitative estimate of drug-likeness (QED) is 0.340. The molecule has 34 heavy (non-hydrogen) atoms. The molecule has 178 valence electrons. The molecule has 3 aromatic carbocycles. The van der Waals surface area contributed by atoms with E-state index in [0.29, 0.717) is 13.0 Å². The van der Waals surface area contributed by atoms with Crippen LogP contribution in [-0.2, 0) is 16.0 Å². The van der Waals surface area contributed by atoms with Crippen molar-refractivity contribution in [2.24, 2.45) is 0 Å². The SMILES string of the molecule is Cc1ccc2nc(N(CCCN3CCOCC3)C(=O)Cc3cccc4ccccc34)sc2c1.Cl. The number of carbonyl (C=O) groups is 1. The summed E-state index contributed by atoms with van der Waals surface area (Å²) >= 11 is 1.61. The largest absolute Gasteiger partial charge is 0.379 e. The second-order valence-corrected chi connectivity index (χ2v) is 9.64. The summed E-state index contributed by atoms with van der Waals surface area (Å²) in [6.45, 7) is 7.23. The standard InChI is InChI=1S/C27H29N3O2S.ClH/c1-20-10-11-24-25(18-20)33-27(28-24)30(13-5-12-29-14-16-32-17-15-29)26(31)19-22-8-4-7-21-6-2-3-9-23(21)22;/h2-4,6-11,18H,5,12-17,19H2,1H3;1H. The Hall–Kier alpha value is -2.51. The van der Waals surface area contributed by atoms with E-state index in [-0.39, 0.29) is 18.3 Å². The summed E-state index contributed by atoms with van der Waals surface area (Å²) in [5.41, 5.74) is 3.23. The number of hydrogen-bond acceptors (Lipinski definition) is 5. The van der Waals surface area contributed by atoms with E-state index in [4.69, 9.17) is 9.72 Å². The van der Waals surface area contributed by atoms with Gasteiger partial charge in [0.25, 0.3) is 0 Å². The van der Waals surface area contributed by atoms with Crippen LogP contribution in [-0.4, -0.2) is 55.2 Å². The number of amides is 1. The topological polar surface area (TPSA) is 45.7 Å². The predicted molar refractivity (Wildman–Crippen MR) is 143 cm³/mol. The fraction of sp³-hybridized carbons (Fsp3) is 0.333. The molecule has 0 atom stereocenters. The van der Waals surface area contributed by atoms with E-state index in [9.17, 15) is 4.79 Å². The number of morpholine rings is 1. The highest BCUT2D eigenvalue weighted by Gasteiger charge is 2.21. The lowest BCUT2D eigenvalue weighted by Crippen LogP contribution is -2.39. The molecule has 5 nitrogen and oxygen atoms in total. The van der Waals surface area contributed by atoms with E-state index >= 15 is 0 Å². The fourth-order valence-electron chi connectivity index (χ4n) is 4.44. The van der Waals surface area contributed by atoms with Crippen molar-refractivity contribution in [3.63, 3.8) is 0 Å². The molecule has 0 bridgehead atoms. The number of nitrogens with zero attached hydrogens (tertiary/aromatic N) is 3. The molecule has 0 unspecified atom stereocenters. The molecule has 4 aromatic rings. The average molecular weight is 496 g/mol. The lowest BCUT2D eigenvalue weighted by atomic mass is 10.0. The Kier molecular flexibility index (Phi) is 8.16. The molecule has 5 rings (SSSR count). The number of carbonyl (C=O) groups excluding carboxylic acids is 1. The molecule has 0 spiro atoms. The number of anilines is 1. The number of rotatable bonds is 7. The maximum Gasteiger partial charge on any atom is 0.233 e. The van der Waals surface area contributed by atoms with E-state index < -0.39 is 0 Å². The third kappa shape index (κ3) is 5.58. The average Bonchev–Trinajstić information content (AvgIpc) is 3.25. The number of fused-ring (bicyclic) bond motifs is 2. The minimum atomic E-state index is 0. The molecule has 1 aliphatic heterocycles. The summed E-state index contributed by atoms with van der Waals surface area (Å²) < 4.78 is 6.59. The summed E-state index contributed by atoms with van der Waals surface area (Å²) in [5.74, 6) is 0.101. The van der Waals surface area contributed by atoms with Crippen molar-refractivity contribution in [2.75, 3.05) is 44.3 Å². The van der Waals surface area contributed by atoms with E-state index in [1.165, 1.54) is 5.56 Å². The molecule has 0 saturated carbocycles. The summed E-state index contributed by atoms with van der Waals surface area (Å²) in [4.78, 5) is 22.8. The van der Waals surface area contributed by atoms with Gasteiger partial charge >= 0.3 is 0 Å². The number of hydrogen-bond donors (Lipinski definition) is 0. The fourth-order valence-corrected chi connectivity index (χ4v) is 5.55. The van der Waals surface area contributed by atoms with Crippen LogP contribution in [0.1, 0.15) is 17.5 Å². The Morgan fingerprint density at radius 3 is 2.74 bits per heavy atom. The Labute approximate surface area is 210 Å². The third-order valence-corrected chi connectivity index (χ3v) is 7.29. The zero-order valence-electron chi connectivity index (χ0n) is 19.4. The molecular formula is C27H30ClN3O2S. The number of benzene rings is 3. The van der Waals surface area contributed by atoms with Crippen molar-refractivity contribution in [1.82, 2.24) is 9.88 Å². The monoisotopic (exact) mass is 495 g/mol. The van der Waals surface area contributed by atoms with Crippen LogP contribution in [0, 0.1) is 6.92 Å². The van der Waals surface area contributed by atoms with Crippen LogP contribution in [0.25, 0.3) is 21.0 Å². The molecule has 0 radical (unpaired) electrons. The number of aromatic nitrogens is 1. The first kappa shape index (κ1) is 24.6. The molecule has 7 heteroatoms. The minimum Gasteiger partial charge on any atom is -0.379 e. The summed E-state index contributed by atoms with van der Waals surface area (Å²) in [5, 5.41) is 3.10. The Morgan fingerprint density at radius 2 is 1.88 bits per heavy atom. The molecule has 1 aromatic heterocycles. The first-order chi connectivity index (χ1) is 16.2. The molecule has 2 heterocycles. The van der Waals surface area contributed by atoms with Gasteiger partial charge in [-0.2, -0.15) is 0 Å². The van der Waals surface area contributed by atoms with Crippen LogP contribution in [0.4, 0.5) is 5.13 Å². The first-order valence-corrected chi connectivity index (χ1v) is 12.4. The van der Waals surface area contributed by atoms with Gasteiger partial charge in [-0.25, -0.2) is 4.98 Å². The van der Waals surface area contributed by atoms with Gasteiger partial charge in [-0.05, 0) is 47.4 Å². The lowest BCUT2D eigenvalue weighted by molar-refractivity contribution is -0.118. The molecule has 0 N–H and O–H groups in total. The molecule has 1 amide bonds. The smallest absolute Gasteiger partial charge is 0.233 e. The molecule has 1 aliphatic rings. The van der Waals surface area contributed by atoms with Crippen molar-refractivity contribution in [2.45, 2.75) is 19.8 Å². The lowest BCUT2D eigenvalue weighted by Gasteiger charge is -2.27. The van der Waals surface area contributed by atoms with Gasteiger partial charge in [-0.15, -0.1) is 12.4 Å². The zero-order valence-corrected chi connectivity index (χ0v) is 21.0. The van der Waals surface area contributed by atoms with Gasteiger partial charge < -0.3 is 4.74 Å². The summed E-state index contributed by atoms with van der Waals surface area (Å²) in [6, 6.07) is 20.7. The second-order valence-electron chi connectivity index (χ2n) is 8.64. The summed E-state index contributed by atoms with van der Waals surface area (Å²) in [7, 11) is 0. The van der Waals surface area contributed by atoms with Crippen molar-refractivity contribution >= 4 is 55.8 Å². The first-order valence-electron chi connectivity index (χ1n) is 11.6. The highest BCUT2D eigenvalue weighted by atomic mass is 35.5.